The zero-order valence-corrected chi connectivity index (χ0v) is 9.38. The average Bonchev–Trinajstić information content (AvgIpc) is 2.18. The number of hydrogen-bond acceptors (Lipinski definition) is 1. The molecule has 0 amide bonds. The molecular weight excluding hydrogens is 170 g/mol. The second kappa shape index (κ2) is 7.07. The molecule has 0 N–H and O–H groups in total. The Morgan fingerprint density at radius 1 is 1.29 bits per heavy atom. The Morgan fingerprint density at radius 3 is 2.21 bits per heavy atom. The lowest BCUT2D eigenvalue weighted by molar-refractivity contribution is 1.09. The quantitative estimate of drug-likeness (QED) is 0.682. The average molecular weight is 189 g/mol. The summed E-state index contributed by atoms with van der Waals surface area (Å²) in [5.74, 6) is 0. The summed E-state index contributed by atoms with van der Waals surface area (Å²) < 4.78 is 0. The normalized spacial score (nSPS) is 8.50. The van der Waals surface area contributed by atoms with Crippen LogP contribution in [0.2, 0.25) is 0 Å². The second-order valence-corrected chi connectivity index (χ2v) is 3.01. The monoisotopic (exact) mass is 189 g/mol. The minimum atomic E-state index is 0.998. The van der Waals surface area contributed by atoms with Gasteiger partial charge in [0.1, 0.15) is 0 Å². The molecule has 14 heavy (non-hydrogen) atoms. The zero-order chi connectivity index (χ0) is 11.0. The molecule has 0 aliphatic rings. The zero-order valence-electron chi connectivity index (χ0n) is 9.38. The van der Waals surface area contributed by atoms with Gasteiger partial charge >= 0.3 is 0 Å². The minimum Gasteiger partial charge on any atom is -0.261 e. The van der Waals surface area contributed by atoms with E-state index in [0.717, 1.165) is 16.8 Å². The van der Waals surface area contributed by atoms with Crippen molar-refractivity contribution in [2.24, 2.45) is 0 Å². The van der Waals surface area contributed by atoms with Crippen molar-refractivity contribution in [3.8, 4) is 0 Å². The van der Waals surface area contributed by atoms with Gasteiger partial charge in [0.2, 0.25) is 0 Å². The smallest absolute Gasteiger partial charge is 0.0450 e. The van der Waals surface area contributed by atoms with Gasteiger partial charge in [-0.25, -0.2) is 0 Å². The van der Waals surface area contributed by atoms with Crippen LogP contribution in [0.1, 0.15) is 37.1 Å². The predicted molar refractivity (Wildman–Crippen MR) is 65.1 cm³/mol. The maximum atomic E-state index is 4.14. The number of aryl methyl sites for hydroxylation is 1. The lowest BCUT2D eigenvalue weighted by Crippen LogP contribution is -1.88. The van der Waals surface area contributed by atoms with Gasteiger partial charge < -0.3 is 0 Å². The van der Waals surface area contributed by atoms with Crippen LogP contribution in [-0.2, 0) is 0 Å². The molecule has 0 atom stereocenters. The van der Waals surface area contributed by atoms with Gasteiger partial charge in [0.15, 0.2) is 0 Å². The van der Waals surface area contributed by atoms with Crippen LogP contribution in [0.25, 0.3) is 12.2 Å². The highest BCUT2D eigenvalue weighted by Crippen LogP contribution is 2.13. The Bertz CT molecular complexity index is 300. The van der Waals surface area contributed by atoms with Gasteiger partial charge in [-0.1, -0.05) is 45.6 Å². The van der Waals surface area contributed by atoms with E-state index in [2.05, 4.69) is 32.0 Å². The molecule has 0 bridgehead atoms. The van der Waals surface area contributed by atoms with E-state index < -0.39 is 0 Å². The first-order valence-corrected chi connectivity index (χ1v) is 4.91. The summed E-state index contributed by atoms with van der Waals surface area (Å²) in [4.78, 5) is 4.14. The van der Waals surface area contributed by atoms with E-state index in [1.54, 1.807) is 12.3 Å². The Labute approximate surface area is 87.2 Å². The summed E-state index contributed by atoms with van der Waals surface area (Å²) in [6.07, 6.45) is 6.64. The first-order chi connectivity index (χ1) is 6.71. The second-order valence-electron chi connectivity index (χ2n) is 3.01. The highest BCUT2D eigenvalue weighted by molar-refractivity contribution is 5.64. The van der Waals surface area contributed by atoms with Crippen molar-refractivity contribution in [2.75, 3.05) is 0 Å². The van der Waals surface area contributed by atoms with E-state index in [1.807, 2.05) is 19.1 Å². The van der Waals surface area contributed by atoms with Crippen molar-refractivity contribution in [1.82, 2.24) is 4.98 Å². The third kappa shape index (κ3) is 3.56. The summed E-state index contributed by atoms with van der Waals surface area (Å²) in [6, 6.07) is 1.93. The SMILES string of the molecule is C=Cc1ccnc(C)c1C=C.CCC. The molecule has 0 radical (unpaired) electrons. The summed E-state index contributed by atoms with van der Waals surface area (Å²) in [5.41, 5.74) is 3.16. The fourth-order valence-electron chi connectivity index (χ4n) is 1.04. The summed E-state index contributed by atoms with van der Waals surface area (Å²) in [7, 11) is 0. The summed E-state index contributed by atoms with van der Waals surface area (Å²) >= 11 is 0. The fourth-order valence-corrected chi connectivity index (χ4v) is 1.04. The molecule has 76 valence electrons. The number of hydrogen-bond donors (Lipinski definition) is 0. The van der Waals surface area contributed by atoms with Gasteiger partial charge in [-0.2, -0.15) is 0 Å². The first-order valence-electron chi connectivity index (χ1n) is 4.91. The summed E-state index contributed by atoms with van der Waals surface area (Å²) in [5, 5.41) is 0. The van der Waals surface area contributed by atoms with Crippen molar-refractivity contribution < 1.29 is 0 Å². The van der Waals surface area contributed by atoms with E-state index >= 15 is 0 Å². The predicted octanol–water partition coefficient (Wildman–Crippen LogP) is 4.09. The highest BCUT2D eigenvalue weighted by atomic mass is 14.7. The summed E-state index contributed by atoms with van der Waals surface area (Å²) in [6.45, 7) is 13.6. The third-order valence-electron chi connectivity index (χ3n) is 1.65. The van der Waals surface area contributed by atoms with Crippen LogP contribution in [-0.4, -0.2) is 4.98 Å². The van der Waals surface area contributed by atoms with Gasteiger partial charge in [-0.3, -0.25) is 4.98 Å². The van der Waals surface area contributed by atoms with Crippen molar-refractivity contribution in [1.29, 1.82) is 0 Å². The van der Waals surface area contributed by atoms with Crippen LogP contribution in [0.3, 0.4) is 0 Å². The molecule has 1 aromatic heterocycles. The molecule has 0 aliphatic carbocycles. The molecule has 1 nitrogen and oxygen atoms in total. The Kier molecular flexibility index (Phi) is 6.38. The molecule has 0 saturated heterocycles. The third-order valence-corrected chi connectivity index (χ3v) is 1.65. The van der Waals surface area contributed by atoms with Crippen LogP contribution in [0.4, 0.5) is 0 Å². The van der Waals surface area contributed by atoms with Crippen molar-refractivity contribution in [2.45, 2.75) is 27.2 Å². The molecule has 0 unspecified atom stereocenters. The van der Waals surface area contributed by atoms with Crippen LogP contribution in [0.5, 0.6) is 0 Å². The lowest BCUT2D eigenvalue weighted by atomic mass is 10.1. The van der Waals surface area contributed by atoms with Gasteiger partial charge in [0, 0.05) is 17.5 Å². The molecular formula is C13H19N. The maximum absolute atomic E-state index is 4.14. The molecule has 0 aromatic carbocycles. The molecule has 0 fully saturated rings. The minimum absolute atomic E-state index is 0.998. The van der Waals surface area contributed by atoms with E-state index in [4.69, 9.17) is 0 Å². The molecule has 1 rings (SSSR count). The standard InChI is InChI=1S/C10H11N.C3H8/c1-4-9-6-7-11-8(3)10(9)5-2;1-3-2/h4-7H,1-2H2,3H3;3H2,1-2H3. The van der Waals surface area contributed by atoms with Crippen LogP contribution in [0.15, 0.2) is 25.4 Å². The number of rotatable bonds is 2. The van der Waals surface area contributed by atoms with Crippen LogP contribution in [0, 0.1) is 6.92 Å². The van der Waals surface area contributed by atoms with Gasteiger partial charge in [-0.15, -0.1) is 0 Å². The van der Waals surface area contributed by atoms with Crippen molar-refractivity contribution in [3.05, 3.63) is 42.2 Å². The van der Waals surface area contributed by atoms with Crippen molar-refractivity contribution in [3.63, 3.8) is 0 Å². The number of aromatic nitrogens is 1. The molecule has 0 spiro atoms. The Morgan fingerprint density at radius 2 is 1.86 bits per heavy atom. The maximum Gasteiger partial charge on any atom is 0.0450 e. The topological polar surface area (TPSA) is 12.9 Å². The lowest BCUT2D eigenvalue weighted by Gasteiger charge is -2.02. The molecule has 1 heterocycles. The van der Waals surface area contributed by atoms with Gasteiger partial charge in [0.25, 0.3) is 0 Å². The molecule has 0 saturated carbocycles. The fraction of sp³-hybridized carbons (Fsp3) is 0.308. The van der Waals surface area contributed by atoms with Crippen LogP contribution >= 0.6 is 0 Å². The van der Waals surface area contributed by atoms with E-state index in [1.165, 1.54) is 6.42 Å². The Hall–Kier alpha value is -1.37. The first kappa shape index (κ1) is 12.6. The number of pyridine rings is 1. The Balaban J connectivity index is 0.000000500. The molecule has 1 heteroatoms. The number of nitrogens with zero attached hydrogens (tertiary/aromatic N) is 1. The highest BCUT2D eigenvalue weighted by Gasteiger charge is 1.97. The van der Waals surface area contributed by atoms with E-state index in [0.29, 0.717) is 0 Å². The van der Waals surface area contributed by atoms with Crippen molar-refractivity contribution >= 4 is 12.2 Å². The van der Waals surface area contributed by atoms with E-state index in [-0.39, 0.29) is 0 Å². The van der Waals surface area contributed by atoms with Gasteiger partial charge in [0.05, 0.1) is 0 Å². The molecule has 0 aliphatic heterocycles. The molecule has 1 aromatic rings. The largest absolute Gasteiger partial charge is 0.261 e. The van der Waals surface area contributed by atoms with E-state index in [9.17, 15) is 0 Å². The van der Waals surface area contributed by atoms with Gasteiger partial charge in [-0.05, 0) is 18.6 Å². The van der Waals surface area contributed by atoms with Crippen LogP contribution < -0.4 is 0 Å².